The number of nitrogen functional groups attached to an aromatic ring is 1. The fourth-order valence-corrected chi connectivity index (χ4v) is 2.30. The van der Waals surface area contributed by atoms with E-state index in [0.717, 1.165) is 12.2 Å². The van der Waals surface area contributed by atoms with Gasteiger partial charge in [0.2, 0.25) is 5.95 Å². The summed E-state index contributed by atoms with van der Waals surface area (Å²) in [4.78, 5) is 10.7. The van der Waals surface area contributed by atoms with Crippen LogP contribution in [0.3, 0.4) is 0 Å². The monoisotopic (exact) mass is 206 g/mol. The molecule has 1 aromatic rings. The second-order valence-electron chi connectivity index (χ2n) is 4.33. The fourth-order valence-electron chi connectivity index (χ4n) is 2.30. The van der Waals surface area contributed by atoms with Gasteiger partial charge in [0.15, 0.2) is 0 Å². The topological polar surface area (TPSA) is 55.0 Å². The van der Waals surface area contributed by atoms with Crippen LogP contribution in [0, 0.1) is 0 Å². The quantitative estimate of drug-likeness (QED) is 0.798. The van der Waals surface area contributed by atoms with Crippen LogP contribution < -0.4 is 5.73 Å². The molecule has 1 aliphatic heterocycles. The Bertz CT molecular complexity index is 337. The van der Waals surface area contributed by atoms with E-state index in [4.69, 9.17) is 5.73 Å². The number of hydrogen-bond acceptors (Lipinski definition) is 4. The molecule has 0 aliphatic carbocycles. The van der Waals surface area contributed by atoms with Gasteiger partial charge in [-0.25, -0.2) is 9.97 Å². The minimum absolute atomic E-state index is 0.378. The molecular formula is C11H18N4. The normalized spacial score (nSPS) is 22.5. The lowest BCUT2D eigenvalue weighted by Gasteiger charge is -2.27. The number of nitrogens with two attached hydrogens (primary N) is 1. The van der Waals surface area contributed by atoms with Gasteiger partial charge >= 0.3 is 0 Å². The molecule has 1 fully saturated rings. The Morgan fingerprint density at radius 2 is 2.33 bits per heavy atom. The van der Waals surface area contributed by atoms with Crippen molar-refractivity contribution in [2.24, 2.45) is 0 Å². The highest BCUT2D eigenvalue weighted by molar-refractivity contribution is 5.20. The smallest absolute Gasteiger partial charge is 0.220 e. The van der Waals surface area contributed by atoms with Gasteiger partial charge in [-0.2, -0.15) is 0 Å². The van der Waals surface area contributed by atoms with Gasteiger partial charge in [-0.3, -0.25) is 4.90 Å². The van der Waals surface area contributed by atoms with Gasteiger partial charge in [-0.15, -0.1) is 0 Å². The Morgan fingerprint density at radius 1 is 1.53 bits per heavy atom. The molecule has 1 unspecified atom stereocenters. The Kier molecular flexibility index (Phi) is 2.86. The first-order valence-corrected chi connectivity index (χ1v) is 5.52. The maximum absolute atomic E-state index is 5.61. The van der Waals surface area contributed by atoms with Gasteiger partial charge in [0, 0.05) is 12.2 Å². The van der Waals surface area contributed by atoms with Crippen LogP contribution in [0.2, 0.25) is 0 Å². The third kappa shape index (κ3) is 2.09. The molecule has 15 heavy (non-hydrogen) atoms. The summed E-state index contributed by atoms with van der Waals surface area (Å²) in [5.74, 6) is 0.378. The van der Waals surface area contributed by atoms with E-state index in [-0.39, 0.29) is 0 Å². The van der Waals surface area contributed by atoms with Gasteiger partial charge in [0.25, 0.3) is 0 Å². The zero-order valence-corrected chi connectivity index (χ0v) is 9.35. The van der Waals surface area contributed by atoms with Gasteiger partial charge in [-0.1, -0.05) is 0 Å². The summed E-state index contributed by atoms with van der Waals surface area (Å²) in [5.41, 5.74) is 6.67. The first-order chi connectivity index (χ1) is 7.18. The maximum Gasteiger partial charge on any atom is 0.220 e. The fraction of sp³-hybridized carbons (Fsp3) is 0.636. The second kappa shape index (κ2) is 4.14. The van der Waals surface area contributed by atoms with Gasteiger partial charge in [0.05, 0.1) is 11.7 Å². The number of aromatic nitrogens is 2. The summed E-state index contributed by atoms with van der Waals surface area (Å²) >= 11 is 0. The van der Waals surface area contributed by atoms with E-state index < -0.39 is 0 Å². The Balaban J connectivity index is 2.22. The Morgan fingerprint density at radius 3 is 3.00 bits per heavy atom. The molecular weight excluding hydrogens is 188 g/mol. The highest BCUT2D eigenvalue weighted by Gasteiger charge is 2.28. The first-order valence-electron chi connectivity index (χ1n) is 5.52. The summed E-state index contributed by atoms with van der Waals surface area (Å²) in [5, 5.41) is 0. The highest BCUT2D eigenvalue weighted by atomic mass is 15.2. The molecule has 2 rings (SSSR count). The number of likely N-dealkylation sites (tertiary alicyclic amines) is 1. The van der Waals surface area contributed by atoms with Crippen molar-refractivity contribution in [1.29, 1.82) is 0 Å². The summed E-state index contributed by atoms with van der Waals surface area (Å²) < 4.78 is 0. The maximum atomic E-state index is 5.61. The molecule has 2 N–H and O–H groups in total. The molecule has 0 aromatic carbocycles. The third-order valence-electron chi connectivity index (χ3n) is 2.99. The zero-order valence-electron chi connectivity index (χ0n) is 9.35. The van der Waals surface area contributed by atoms with Crippen LogP contribution in [0.25, 0.3) is 0 Å². The lowest BCUT2D eigenvalue weighted by molar-refractivity contribution is 0.202. The summed E-state index contributed by atoms with van der Waals surface area (Å²) in [6, 6.07) is 2.96. The molecule has 0 radical (unpaired) electrons. The van der Waals surface area contributed by atoms with Crippen molar-refractivity contribution in [3.63, 3.8) is 0 Å². The van der Waals surface area contributed by atoms with E-state index in [1.165, 1.54) is 12.8 Å². The second-order valence-corrected chi connectivity index (χ2v) is 4.33. The van der Waals surface area contributed by atoms with Crippen LogP contribution in [-0.4, -0.2) is 27.5 Å². The van der Waals surface area contributed by atoms with Crippen molar-refractivity contribution in [2.75, 3.05) is 12.3 Å². The van der Waals surface area contributed by atoms with Crippen LogP contribution in [-0.2, 0) is 0 Å². The van der Waals surface area contributed by atoms with Crippen molar-refractivity contribution >= 4 is 5.95 Å². The van der Waals surface area contributed by atoms with E-state index in [9.17, 15) is 0 Å². The van der Waals surface area contributed by atoms with Gasteiger partial charge in [0.1, 0.15) is 0 Å². The minimum atomic E-state index is 0.378. The molecule has 82 valence electrons. The summed E-state index contributed by atoms with van der Waals surface area (Å²) in [6.45, 7) is 5.61. The van der Waals surface area contributed by atoms with Crippen LogP contribution >= 0.6 is 0 Å². The minimum Gasteiger partial charge on any atom is -0.368 e. The number of anilines is 1. The average molecular weight is 206 g/mol. The van der Waals surface area contributed by atoms with E-state index in [1.54, 1.807) is 6.20 Å². The Hall–Kier alpha value is -1.16. The molecule has 0 saturated carbocycles. The average Bonchev–Trinajstić information content (AvgIpc) is 2.65. The van der Waals surface area contributed by atoms with Crippen molar-refractivity contribution < 1.29 is 0 Å². The van der Waals surface area contributed by atoms with Crippen molar-refractivity contribution in [2.45, 2.75) is 38.8 Å². The van der Waals surface area contributed by atoms with E-state index in [2.05, 4.69) is 28.7 Å². The molecule has 0 amide bonds. The molecule has 1 saturated heterocycles. The van der Waals surface area contributed by atoms with E-state index in [1.807, 2.05) is 6.07 Å². The van der Waals surface area contributed by atoms with E-state index in [0.29, 0.717) is 18.0 Å². The van der Waals surface area contributed by atoms with Gasteiger partial charge in [-0.05, 0) is 39.3 Å². The molecule has 4 nitrogen and oxygen atoms in total. The summed E-state index contributed by atoms with van der Waals surface area (Å²) in [7, 11) is 0. The number of hydrogen-bond donors (Lipinski definition) is 1. The number of rotatable bonds is 2. The Labute approximate surface area is 90.5 Å². The summed E-state index contributed by atoms with van der Waals surface area (Å²) in [6.07, 6.45) is 4.16. The van der Waals surface area contributed by atoms with Crippen LogP contribution in [0.15, 0.2) is 12.3 Å². The standard InChI is InChI=1S/C11H18N4/c1-8(2)15-7-3-4-10(15)9-5-6-13-11(12)14-9/h5-6,8,10H,3-4,7H2,1-2H3,(H2,12,13,14). The molecule has 1 atom stereocenters. The third-order valence-corrected chi connectivity index (χ3v) is 2.99. The predicted molar refractivity (Wildman–Crippen MR) is 60.3 cm³/mol. The molecule has 0 bridgehead atoms. The van der Waals surface area contributed by atoms with Crippen LogP contribution in [0.1, 0.15) is 38.4 Å². The zero-order chi connectivity index (χ0) is 10.8. The molecule has 1 aromatic heterocycles. The van der Waals surface area contributed by atoms with Crippen LogP contribution in [0.4, 0.5) is 5.95 Å². The number of nitrogens with zero attached hydrogens (tertiary/aromatic N) is 3. The van der Waals surface area contributed by atoms with Crippen LogP contribution in [0.5, 0.6) is 0 Å². The molecule has 4 heteroatoms. The SMILES string of the molecule is CC(C)N1CCCC1c1ccnc(N)n1. The highest BCUT2D eigenvalue weighted by Crippen LogP contribution is 2.32. The van der Waals surface area contributed by atoms with Crippen molar-refractivity contribution in [3.05, 3.63) is 18.0 Å². The van der Waals surface area contributed by atoms with Crippen molar-refractivity contribution in [1.82, 2.24) is 14.9 Å². The lowest BCUT2D eigenvalue weighted by Crippen LogP contribution is -2.30. The molecule has 1 aliphatic rings. The largest absolute Gasteiger partial charge is 0.368 e. The molecule has 2 heterocycles. The van der Waals surface area contributed by atoms with Crippen molar-refractivity contribution in [3.8, 4) is 0 Å². The van der Waals surface area contributed by atoms with E-state index >= 15 is 0 Å². The lowest BCUT2D eigenvalue weighted by atomic mass is 10.1. The molecule has 0 spiro atoms. The first kappa shape index (κ1) is 10.4. The predicted octanol–water partition coefficient (Wildman–Crippen LogP) is 1.60. The van der Waals surface area contributed by atoms with Gasteiger partial charge < -0.3 is 5.73 Å².